The van der Waals surface area contributed by atoms with Crippen molar-refractivity contribution in [3.63, 3.8) is 0 Å². The van der Waals surface area contributed by atoms with Crippen LogP contribution in [0.4, 0.5) is 0 Å². The monoisotopic (exact) mass is 292 g/mol. The van der Waals surface area contributed by atoms with E-state index in [4.69, 9.17) is 0 Å². The normalized spacial score (nSPS) is 12.6. The molecule has 2 rings (SSSR count). The molecule has 0 spiro atoms. The van der Waals surface area contributed by atoms with E-state index in [-0.39, 0.29) is 18.5 Å². The van der Waals surface area contributed by atoms with E-state index in [0.717, 1.165) is 12.8 Å². The lowest BCUT2D eigenvalue weighted by molar-refractivity contribution is -0.123. The third kappa shape index (κ3) is 3.66. The number of thiophene rings is 1. The van der Waals surface area contributed by atoms with Gasteiger partial charge < -0.3 is 5.32 Å². The number of aromatic nitrogens is 3. The van der Waals surface area contributed by atoms with Gasteiger partial charge in [0, 0.05) is 4.88 Å². The van der Waals surface area contributed by atoms with Crippen molar-refractivity contribution in [3.8, 4) is 0 Å². The first-order valence-corrected chi connectivity index (χ1v) is 7.77. The topological polar surface area (TPSA) is 59.8 Å². The van der Waals surface area contributed by atoms with E-state index in [1.54, 1.807) is 17.7 Å². The van der Waals surface area contributed by atoms with Gasteiger partial charge in [-0.3, -0.25) is 4.79 Å². The Bertz CT molecular complexity index is 505. The zero-order chi connectivity index (χ0) is 14.4. The third-order valence-electron chi connectivity index (χ3n) is 3.46. The summed E-state index contributed by atoms with van der Waals surface area (Å²) < 4.78 is 1.54. The molecule has 0 aliphatic heterocycles. The minimum absolute atomic E-state index is 0.0270. The van der Waals surface area contributed by atoms with E-state index in [9.17, 15) is 4.79 Å². The predicted molar refractivity (Wildman–Crippen MR) is 79.3 cm³/mol. The molecule has 2 aromatic heterocycles. The number of hydrogen-bond donors (Lipinski definition) is 1. The summed E-state index contributed by atoms with van der Waals surface area (Å²) >= 11 is 1.69. The highest BCUT2D eigenvalue weighted by Crippen LogP contribution is 2.30. The number of carbonyl (C=O) groups is 1. The van der Waals surface area contributed by atoms with Crippen molar-refractivity contribution in [2.45, 2.75) is 39.3 Å². The van der Waals surface area contributed by atoms with Gasteiger partial charge in [-0.25, -0.2) is 9.67 Å². The van der Waals surface area contributed by atoms with Gasteiger partial charge in [0.1, 0.15) is 19.2 Å². The molecule has 0 aliphatic rings. The molecule has 2 heterocycles. The second-order valence-corrected chi connectivity index (χ2v) is 5.71. The van der Waals surface area contributed by atoms with E-state index in [1.165, 1.54) is 15.9 Å². The summed E-state index contributed by atoms with van der Waals surface area (Å²) in [6.07, 6.45) is 5.08. The molecule has 108 valence electrons. The lowest BCUT2D eigenvalue weighted by atomic mass is 9.93. The first-order valence-electron chi connectivity index (χ1n) is 6.89. The maximum absolute atomic E-state index is 12.2. The molecule has 0 saturated heterocycles. The molecule has 1 atom stereocenters. The minimum Gasteiger partial charge on any atom is -0.347 e. The fourth-order valence-corrected chi connectivity index (χ4v) is 3.20. The Kier molecular flexibility index (Phi) is 5.29. The molecule has 0 saturated carbocycles. The average molecular weight is 292 g/mol. The first kappa shape index (κ1) is 14.7. The molecule has 1 N–H and O–H groups in total. The number of nitrogens with zero attached hydrogens (tertiary/aromatic N) is 3. The van der Waals surface area contributed by atoms with Gasteiger partial charge in [0.25, 0.3) is 0 Å². The van der Waals surface area contributed by atoms with Gasteiger partial charge in [0.2, 0.25) is 5.91 Å². The molecule has 0 fully saturated rings. The maximum atomic E-state index is 12.2. The van der Waals surface area contributed by atoms with Crippen molar-refractivity contribution < 1.29 is 4.79 Å². The fraction of sp³-hybridized carbons (Fsp3) is 0.500. The van der Waals surface area contributed by atoms with Crippen LogP contribution >= 0.6 is 11.3 Å². The molecule has 6 heteroatoms. The molecule has 0 radical (unpaired) electrons. The predicted octanol–water partition coefficient (Wildman–Crippen LogP) is 2.63. The van der Waals surface area contributed by atoms with E-state index in [1.807, 2.05) is 11.4 Å². The summed E-state index contributed by atoms with van der Waals surface area (Å²) in [5, 5.41) is 9.15. The van der Waals surface area contributed by atoms with Crippen molar-refractivity contribution in [3.05, 3.63) is 35.0 Å². The van der Waals surface area contributed by atoms with Crippen LogP contribution in [0.5, 0.6) is 0 Å². The van der Waals surface area contributed by atoms with Gasteiger partial charge in [-0.15, -0.1) is 11.3 Å². The highest BCUT2D eigenvalue weighted by molar-refractivity contribution is 7.10. The van der Waals surface area contributed by atoms with Gasteiger partial charge in [-0.2, -0.15) is 5.10 Å². The average Bonchev–Trinajstić information content (AvgIpc) is 3.11. The number of carbonyl (C=O) groups excluding carboxylic acids is 1. The van der Waals surface area contributed by atoms with Crippen LogP contribution in [0.1, 0.15) is 37.6 Å². The molecule has 1 amide bonds. The molecular weight excluding hydrogens is 272 g/mol. The van der Waals surface area contributed by atoms with Crippen molar-refractivity contribution in [1.82, 2.24) is 20.1 Å². The number of amides is 1. The van der Waals surface area contributed by atoms with Crippen molar-refractivity contribution in [1.29, 1.82) is 0 Å². The SMILES string of the molecule is CCC(CC)[C@@H](NC(=O)Cn1cncn1)c1cccs1. The van der Waals surface area contributed by atoms with Gasteiger partial charge in [0.15, 0.2) is 0 Å². The second kappa shape index (κ2) is 7.19. The Morgan fingerprint density at radius 3 is 2.80 bits per heavy atom. The smallest absolute Gasteiger partial charge is 0.242 e. The third-order valence-corrected chi connectivity index (χ3v) is 4.41. The van der Waals surface area contributed by atoms with Crippen LogP contribution in [-0.2, 0) is 11.3 Å². The highest BCUT2D eigenvalue weighted by atomic mass is 32.1. The largest absolute Gasteiger partial charge is 0.347 e. The van der Waals surface area contributed by atoms with Crippen molar-refractivity contribution >= 4 is 17.2 Å². The fourth-order valence-electron chi connectivity index (χ4n) is 2.33. The summed E-state index contributed by atoms with van der Waals surface area (Å²) in [6.45, 7) is 4.54. The van der Waals surface area contributed by atoms with Gasteiger partial charge in [0.05, 0.1) is 6.04 Å². The Morgan fingerprint density at radius 2 is 2.25 bits per heavy atom. The maximum Gasteiger partial charge on any atom is 0.242 e. The molecular formula is C14H20N4OS. The molecule has 0 aromatic carbocycles. The van der Waals surface area contributed by atoms with Crippen LogP contribution in [0, 0.1) is 5.92 Å². The van der Waals surface area contributed by atoms with Gasteiger partial charge >= 0.3 is 0 Å². The molecule has 0 bridgehead atoms. The summed E-state index contributed by atoms with van der Waals surface area (Å²) in [7, 11) is 0. The van der Waals surface area contributed by atoms with Crippen molar-refractivity contribution in [2.24, 2.45) is 5.92 Å². The number of nitrogens with one attached hydrogen (secondary N) is 1. The van der Waals surface area contributed by atoms with Crippen LogP contribution in [0.3, 0.4) is 0 Å². The van der Waals surface area contributed by atoms with Crippen LogP contribution < -0.4 is 5.32 Å². The molecule has 0 aliphatic carbocycles. The van der Waals surface area contributed by atoms with Crippen LogP contribution in [0.15, 0.2) is 30.2 Å². The van der Waals surface area contributed by atoms with Crippen LogP contribution in [0.25, 0.3) is 0 Å². The van der Waals surface area contributed by atoms with E-state index in [0.29, 0.717) is 5.92 Å². The molecule has 2 aromatic rings. The zero-order valence-corrected chi connectivity index (χ0v) is 12.6. The zero-order valence-electron chi connectivity index (χ0n) is 11.8. The lowest BCUT2D eigenvalue weighted by Gasteiger charge is -2.25. The first-order chi connectivity index (χ1) is 9.74. The van der Waals surface area contributed by atoms with Crippen LogP contribution in [-0.4, -0.2) is 20.7 Å². The number of rotatable bonds is 7. The molecule has 20 heavy (non-hydrogen) atoms. The standard InChI is InChI=1S/C14H20N4OS/c1-3-11(4-2)14(12-6-5-7-20-12)17-13(19)8-18-10-15-9-16-18/h5-7,9-11,14H,3-4,8H2,1-2H3,(H,17,19)/t14-/m1/s1. The Hall–Kier alpha value is -1.69. The highest BCUT2D eigenvalue weighted by Gasteiger charge is 2.23. The summed E-state index contributed by atoms with van der Waals surface area (Å²) in [5.41, 5.74) is 0. The number of hydrogen-bond acceptors (Lipinski definition) is 4. The quantitative estimate of drug-likeness (QED) is 0.853. The van der Waals surface area contributed by atoms with Crippen molar-refractivity contribution in [2.75, 3.05) is 0 Å². The van der Waals surface area contributed by atoms with E-state index >= 15 is 0 Å². The van der Waals surface area contributed by atoms with E-state index in [2.05, 4.69) is 35.3 Å². The van der Waals surface area contributed by atoms with E-state index < -0.39 is 0 Å². The lowest BCUT2D eigenvalue weighted by Crippen LogP contribution is -2.35. The minimum atomic E-state index is -0.0270. The second-order valence-electron chi connectivity index (χ2n) is 4.73. The Labute approximate surface area is 123 Å². The summed E-state index contributed by atoms with van der Waals surface area (Å²) in [6, 6.07) is 4.20. The molecule has 0 unspecified atom stereocenters. The van der Waals surface area contributed by atoms with Gasteiger partial charge in [-0.1, -0.05) is 32.8 Å². The molecule has 5 nitrogen and oxygen atoms in total. The van der Waals surface area contributed by atoms with Crippen LogP contribution in [0.2, 0.25) is 0 Å². The Morgan fingerprint density at radius 1 is 1.45 bits per heavy atom. The summed E-state index contributed by atoms with van der Waals surface area (Å²) in [5.74, 6) is 0.425. The summed E-state index contributed by atoms with van der Waals surface area (Å²) in [4.78, 5) is 17.2. The van der Waals surface area contributed by atoms with Gasteiger partial charge in [-0.05, 0) is 17.4 Å². The Balaban J connectivity index is 2.05.